The molecule has 0 radical (unpaired) electrons. The van der Waals surface area contributed by atoms with Crippen molar-refractivity contribution in [2.45, 2.75) is 42.6 Å². The molecule has 0 unspecified atom stereocenters. The highest BCUT2D eigenvalue weighted by molar-refractivity contribution is 7.98. The summed E-state index contributed by atoms with van der Waals surface area (Å²) in [6.45, 7) is 4.07. The first-order valence-corrected chi connectivity index (χ1v) is 11.4. The Morgan fingerprint density at radius 1 is 1.10 bits per heavy atom. The van der Waals surface area contributed by atoms with Crippen molar-refractivity contribution in [1.82, 2.24) is 5.32 Å². The number of hydrogen-bond acceptors (Lipinski definition) is 4. The number of hydrogen-bond donors (Lipinski definition) is 1. The van der Waals surface area contributed by atoms with Crippen molar-refractivity contribution < 1.29 is 14.3 Å². The topological polar surface area (TPSA) is 47.6 Å². The summed E-state index contributed by atoms with van der Waals surface area (Å²) in [4.78, 5) is 14.2. The van der Waals surface area contributed by atoms with Crippen molar-refractivity contribution in [3.8, 4) is 11.5 Å². The summed E-state index contributed by atoms with van der Waals surface area (Å²) >= 11 is 1.79. The van der Waals surface area contributed by atoms with E-state index < -0.39 is 0 Å². The van der Waals surface area contributed by atoms with Crippen LogP contribution in [0.2, 0.25) is 0 Å². The van der Waals surface area contributed by atoms with Gasteiger partial charge in [-0.15, -0.1) is 11.8 Å². The molecule has 1 heterocycles. The first-order chi connectivity index (χ1) is 14.9. The van der Waals surface area contributed by atoms with E-state index in [2.05, 4.69) is 17.4 Å². The van der Waals surface area contributed by atoms with Crippen LogP contribution in [-0.2, 0) is 5.75 Å². The standard InChI is InChI=1S/C26H27NO3S/c1-26(2)16-23(22-14-13-20(29-3)15-24(22)30-26)27-25(28)19-11-9-18(10-12-19)17-31-21-7-5-4-6-8-21/h4-15,23H,16-17H2,1-3H3,(H,27,28)/t23-/m0/s1. The van der Waals surface area contributed by atoms with E-state index in [1.807, 2.05) is 74.5 Å². The van der Waals surface area contributed by atoms with E-state index in [0.717, 1.165) is 22.8 Å². The van der Waals surface area contributed by atoms with Crippen LogP contribution >= 0.6 is 11.8 Å². The smallest absolute Gasteiger partial charge is 0.251 e. The average Bonchev–Trinajstić information content (AvgIpc) is 2.77. The monoisotopic (exact) mass is 433 g/mol. The molecule has 3 aromatic carbocycles. The van der Waals surface area contributed by atoms with Gasteiger partial charge >= 0.3 is 0 Å². The van der Waals surface area contributed by atoms with Gasteiger partial charge < -0.3 is 14.8 Å². The molecule has 1 aliphatic rings. The van der Waals surface area contributed by atoms with Crippen LogP contribution < -0.4 is 14.8 Å². The highest BCUT2D eigenvalue weighted by Gasteiger charge is 2.35. The number of amides is 1. The number of methoxy groups -OCH3 is 1. The maximum Gasteiger partial charge on any atom is 0.251 e. The minimum Gasteiger partial charge on any atom is -0.497 e. The van der Waals surface area contributed by atoms with Gasteiger partial charge in [0.1, 0.15) is 17.1 Å². The molecule has 0 fully saturated rings. The zero-order chi connectivity index (χ0) is 21.8. The molecule has 0 saturated carbocycles. The molecule has 1 amide bonds. The van der Waals surface area contributed by atoms with Crippen molar-refractivity contribution >= 4 is 17.7 Å². The SMILES string of the molecule is COc1ccc2c(c1)OC(C)(C)C[C@@H]2NC(=O)c1ccc(CSc2ccccc2)cc1. The lowest BCUT2D eigenvalue weighted by Gasteiger charge is -2.38. The van der Waals surface area contributed by atoms with Crippen LogP contribution in [0.4, 0.5) is 0 Å². The van der Waals surface area contributed by atoms with Crippen LogP contribution in [0.25, 0.3) is 0 Å². The van der Waals surface area contributed by atoms with Crippen LogP contribution in [0, 0.1) is 0 Å². The zero-order valence-corrected chi connectivity index (χ0v) is 18.9. The normalized spacial score (nSPS) is 16.7. The van der Waals surface area contributed by atoms with Gasteiger partial charge in [-0.2, -0.15) is 0 Å². The molecule has 4 rings (SSSR count). The molecule has 1 aliphatic heterocycles. The minimum absolute atomic E-state index is 0.0771. The molecule has 160 valence electrons. The Labute approximate surface area is 188 Å². The lowest BCUT2D eigenvalue weighted by molar-refractivity contribution is 0.0617. The number of carbonyl (C=O) groups is 1. The quantitative estimate of drug-likeness (QED) is 0.483. The Bertz CT molecular complexity index is 1050. The predicted molar refractivity (Wildman–Crippen MR) is 125 cm³/mol. The molecule has 0 spiro atoms. The Kier molecular flexibility index (Phi) is 6.23. The molecule has 3 aromatic rings. The van der Waals surface area contributed by atoms with Gasteiger partial charge in [-0.05, 0) is 55.8 Å². The Balaban J connectivity index is 1.44. The summed E-state index contributed by atoms with van der Waals surface area (Å²) in [6.07, 6.45) is 0.698. The van der Waals surface area contributed by atoms with Gasteiger partial charge in [-0.25, -0.2) is 0 Å². The molecule has 1 N–H and O–H groups in total. The van der Waals surface area contributed by atoms with Crippen LogP contribution in [-0.4, -0.2) is 18.6 Å². The van der Waals surface area contributed by atoms with Gasteiger partial charge in [0.05, 0.1) is 13.2 Å². The van der Waals surface area contributed by atoms with Gasteiger partial charge in [0.25, 0.3) is 5.91 Å². The van der Waals surface area contributed by atoms with E-state index in [-0.39, 0.29) is 17.6 Å². The number of rotatable bonds is 6. The van der Waals surface area contributed by atoms with E-state index in [1.165, 1.54) is 10.5 Å². The second-order valence-corrected chi connectivity index (χ2v) is 9.34. The molecule has 0 aromatic heterocycles. The van der Waals surface area contributed by atoms with Crippen LogP contribution in [0.5, 0.6) is 11.5 Å². The van der Waals surface area contributed by atoms with E-state index >= 15 is 0 Å². The lowest BCUT2D eigenvalue weighted by atomic mass is 9.89. The molecule has 1 atom stereocenters. The fraction of sp³-hybridized carbons (Fsp3) is 0.269. The number of benzene rings is 3. The number of nitrogens with one attached hydrogen (secondary N) is 1. The van der Waals surface area contributed by atoms with Crippen molar-refractivity contribution in [2.24, 2.45) is 0 Å². The first kappa shape index (κ1) is 21.3. The molecule has 31 heavy (non-hydrogen) atoms. The third-order valence-electron chi connectivity index (χ3n) is 5.35. The third-order valence-corrected chi connectivity index (χ3v) is 6.43. The second kappa shape index (κ2) is 9.06. The highest BCUT2D eigenvalue weighted by atomic mass is 32.2. The summed E-state index contributed by atoms with van der Waals surface area (Å²) < 4.78 is 11.4. The van der Waals surface area contributed by atoms with Crippen molar-refractivity contribution in [3.63, 3.8) is 0 Å². The molecule has 5 heteroatoms. The Morgan fingerprint density at radius 2 is 1.84 bits per heavy atom. The first-order valence-electron chi connectivity index (χ1n) is 10.4. The van der Waals surface area contributed by atoms with E-state index in [4.69, 9.17) is 9.47 Å². The molecular weight excluding hydrogens is 406 g/mol. The molecule has 0 saturated heterocycles. The van der Waals surface area contributed by atoms with Crippen molar-refractivity contribution in [3.05, 3.63) is 89.5 Å². The summed E-state index contributed by atoms with van der Waals surface area (Å²) in [5.41, 5.74) is 2.45. The average molecular weight is 434 g/mol. The van der Waals surface area contributed by atoms with Crippen molar-refractivity contribution in [2.75, 3.05) is 7.11 Å². The maximum absolute atomic E-state index is 13.0. The van der Waals surface area contributed by atoms with Gasteiger partial charge in [0, 0.05) is 34.3 Å². The largest absolute Gasteiger partial charge is 0.497 e. The van der Waals surface area contributed by atoms with Gasteiger partial charge in [-0.1, -0.05) is 30.3 Å². The zero-order valence-electron chi connectivity index (χ0n) is 18.1. The van der Waals surface area contributed by atoms with E-state index in [0.29, 0.717) is 12.0 Å². The van der Waals surface area contributed by atoms with Gasteiger partial charge in [0.2, 0.25) is 0 Å². The fourth-order valence-electron chi connectivity index (χ4n) is 3.76. The van der Waals surface area contributed by atoms with E-state index in [1.54, 1.807) is 18.9 Å². The number of fused-ring (bicyclic) bond motifs is 1. The van der Waals surface area contributed by atoms with E-state index in [9.17, 15) is 4.79 Å². The minimum atomic E-state index is -0.379. The number of carbonyl (C=O) groups excluding carboxylic acids is 1. The summed E-state index contributed by atoms with van der Waals surface area (Å²) in [5, 5.41) is 3.20. The van der Waals surface area contributed by atoms with Gasteiger partial charge in [0.15, 0.2) is 0 Å². The fourth-order valence-corrected chi connectivity index (χ4v) is 4.64. The third kappa shape index (κ3) is 5.23. The van der Waals surface area contributed by atoms with Crippen molar-refractivity contribution in [1.29, 1.82) is 0 Å². The second-order valence-electron chi connectivity index (χ2n) is 8.29. The van der Waals surface area contributed by atoms with Gasteiger partial charge in [-0.3, -0.25) is 4.79 Å². The number of thioether (sulfide) groups is 1. The molecule has 0 bridgehead atoms. The summed E-state index contributed by atoms with van der Waals surface area (Å²) in [5.74, 6) is 2.29. The summed E-state index contributed by atoms with van der Waals surface area (Å²) in [6, 6.07) is 23.8. The Hall–Kier alpha value is -2.92. The molecular formula is C26H27NO3S. The van der Waals surface area contributed by atoms with Crippen LogP contribution in [0.1, 0.15) is 47.8 Å². The Morgan fingerprint density at radius 3 is 2.55 bits per heavy atom. The molecule has 0 aliphatic carbocycles. The summed E-state index contributed by atoms with van der Waals surface area (Å²) in [7, 11) is 1.64. The highest BCUT2D eigenvalue weighted by Crippen LogP contribution is 2.41. The lowest BCUT2D eigenvalue weighted by Crippen LogP contribution is -2.41. The predicted octanol–water partition coefficient (Wildman–Crippen LogP) is 6.02. The van der Waals surface area contributed by atoms with Crippen LogP contribution in [0.15, 0.2) is 77.7 Å². The maximum atomic E-state index is 13.0. The number of ether oxygens (including phenoxy) is 2. The van der Waals surface area contributed by atoms with Crippen LogP contribution in [0.3, 0.4) is 0 Å². The molecule has 4 nitrogen and oxygen atoms in total.